The van der Waals surface area contributed by atoms with E-state index < -0.39 is 6.09 Å². The lowest BCUT2D eigenvalue weighted by atomic mass is 10.1. The van der Waals surface area contributed by atoms with Gasteiger partial charge >= 0.3 is 6.09 Å². The monoisotopic (exact) mass is 575 g/mol. The summed E-state index contributed by atoms with van der Waals surface area (Å²) >= 11 is 1.41. The van der Waals surface area contributed by atoms with Crippen LogP contribution in [0.1, 0.15) is 17.5 Å². The first-order chi connectivity index (χ1) is 20.0. The molecule has 1 amide bonds. The number of para-hydroxylation sites is 1. The van der Waals surface area contributed by atoms with Gasteiger partial charge in [-0.15, -0.1) is 0 Å². The average Bonchev–Trinajstić information content (AvgIpc) is 3.00. The minimum absolute atomic E-state index is 0.0483. The van der Waals surface area contributed by atoms with Gasteiger partial charge in [0.15, 0.2) is 5.16 Å². The summed E-state index contributed by atoms with van der Waals surface area (Å²) in [4.78, 5) is 40.0. The molecule has 1 aliphatic heterocycles. The van der Waals surface area contributed by atoms with Gasteiger partial charge in [-0.2, -0.15) is 0 Å². The van der Waals surface area contributed by atoms with Crippen LogP contribution in [-0.4, -0.2) is 64.9 Å². The molecule has 41 heavy (non-hydrogen) atoms. The molecule has 10 nitrogen and oxygen atoms in total. The standard InChI is InChI=1S/C30H33N5O5S/c1-21-8-6-11-24-26(21)34(30(38)40-20-22-9-4-3-5-10-22)14-13-33(24)25-18-23-19-31-29(41-2)32-27(23)35(28(25)37)12-7-16-39-17-15-36/h3-6,8-11,18-19,36H,7,12-17,20H2,1-2H3. The van der Waals surface area contributed by atoms with Crippen LogP contribution in [0.15, 0.2) is 70.7 Å². The molecule has 0 fully saturated rings. The molecule has 0 unspecified atom stereocenters. The van der Waals surface area contributed by atoms with Crippen molar-refractivity contribution in [1.82, 2.24) is 14.5 Å². The van der Waals surface area contributed by atoms with Crippen LogP contribution in [0.4, 0.5) is 21.9 Å². The Kier molecular flexibility index (Phi) is 9.17. The summed E-state index contributed by atoms with van der Waals surface area (Å²) in [6.07, 6.45) is 3.78. The summed E-state index contributed by atoms with van der Waals surface area (Å²) in [7, 11) is 0. The van der Waals surface area contributed by atoms with Crippen molar-refractivity contribution in [2.24, 2.45) is 0 Å². The van der Waals surface area contributed by atoms with Crippen LogP contribution in [0.2, 0.25) is 0 Å². The smallest absolute Gasteiger partial charge is 0.414 e. The fourth-order valence-corrected chi connectivity index (χ4v) is 5.33. The number of aliphatic hydroxyl groups is 1. The quantitative estimate of drug-likeness (QED) is 0.166. The number of fused-ring (bicyclic) bond motifs is 2. The second-order valence-electron chi connectivity index (χ2n) is 9.60. The predicted molar refractivity (Wildman–Crippen MR) is 160 cm³/mol. The number of anilines is 3. The van der Waals surface area contributed by atoms with E-state index >= 15 is 0 Å². The van der Waals surface area contributed by atoms with Gasteiger partial charge in [0.25, 0.3) is 5.56 Å². The van der Waals surface area contributed by atoms with Crippen LogP contribution in [-0.2, 0) is 22.6 Å². The van der Waals surface area contributed by atoms with E-state index in [1.54, 1.807) is 15.7 Å². The molecule has 5 rings (SSSR count). The van der Waals surface area contributed by atoms with Gasteiger partial charge in [-0.3, -0.25) is 14.3 Å². The number of ether oxygens (including phenoxy) is 2. The first-order valence-electron chi connectivity index (χ1n) is 13.5. The minimum Gasteiger partial charge on any atom is -0.444 e. The zero-order valence-electron chi connectivity index (χ0n) is 23.2. The number of amides is 1. The van der Waals surface area contributed by atoms with E-state index in [9.17, 15) is 9.59 Å². The maximum atomic E-state index is 14.0. The number of thioether (sulfide) groups is 1. The molecule has 0 aliphatic carbocycles. The number of hydrogen-bond donors (Lipinski definition) is 1. The van der Waals surface area contributed by atoms with E-state index in [1.807, 2.05) is 72.7 Å². The zero-order valence-corrected chi connectivity index (χ0v) is 24.0. The lowest BCUT2D eigenvalue weighted by Gasteiger charge is -2.38. The summed E-state index contributed by atoms with van der Waals surface area (Å²) in [5, 5.41) is 10.3. The highest BCUT2D eigenvalue weighted by Crippen LogP contribution is 2.40. The average molecular weight is 576 g/mol. The Morgan fingerprint density at radius 3 is 2.68 bits per heavy atom. The van der Waals surface area contributed by atoms with Crippen LogP contribution in [0.5, 0.6) is 0 Å². The van der Waals surface area contributed by atoms with E-state index in [4.69, 9.17) is 14.6 Å². The summed E-state index contributed by atoms with van der Waals surface area (Å²) in [6, 6.07) is 17.2. The Hall–Kier alpha value is -3.93. The predicted octanol–water partition coefficient (Wildman–Crippen LogP) is 4.52. The van der Waals surface area contributed by atoms with Gasteiger partial charge in [0.1, 0.15) is 17.9 Å². The van der Waals surface area contributed by atoms with E-state index in [0.717, 1.165) is 22.2 Å². The molecule has 0 saturated heterocycles. The molecule has 214 valence electrons. The number of nitrogens with zero attached hydrogens (tertiary/aromatic N) is 5. The zero-order chi connectivity index (χ0) is 28.8. The molecular weight excluding hydrogens is 542 g/mol. The topological polar surface area (TPSA) is 110 Å². The third kappa shape index (κ3) is 6.22. The molecule has 1 aliphatic rings. The molecule has 2 aromatic heterocycles. The first-order valence-corrected chi connectivity index (χ1v) is 14.7. The van der Waals surface area contributed by atoms with Crippen LogP contribution >= 0.6 is 11.8 Å². The van der Waals surface area contributed by atoms with Crippen molar-refractivity contribution in [3.05, 3.63) is 82.3 Å². The second kappa shape index (κ2) is 13.2. The lowest BCUT2D eigenvalue weighted by Crippen LogP contribution is -2.44. The molecule has 4 aromatic rings. The fraction of sp³-hybridized carbons (Fsp3) is 0.333. The van der Waals surface area contributed by atoms with Gasteiger partial charge in [0.05, 0.1) is 24.6 Å². The normalized spacial score (nSPS) is 13.0. The molecule has 3 heterocycles. The Balaban J connectivity index is 1.50. The number of aliphatic hydroxyl groups excluding tert-OH is 1. The van der Waals surface area contributed by atoms with Crippen molar-refractivity contribution in [1.29, 1.82) is 0 Å². The molecule has 2 aromatic carbocycles. The van der Waals surface area contributed by atoms with Gasteiger partial charge < -0.3 is 19.5 Å². The van der Waals surface area contributed by atoms with Gasteiger partial charge in [-0.05, 0) is 42.9 Å². The number of pyridine rings is 1. The van der Waals surface area contributed by atoms with Crippen molar-refractivity contribution < 1.29 is 19.4 Å². The minimum atomic E-state index is -0.430. The van der Waals surface area contributed by atoms with Crippen molar-refractivity contribution in [2.45, 2.75) is 31.7 Å². The highest BCUT2D eigenvalue weighted by molar-refractivity contribution is 7.98. The molecule has 11 heteroatoms. The summed E-state index contributed by atoms with van der Waals surface area (Å²) in [5.74, 6) is 0. The van der Waals surface area contributed by atoms with Crippen LogP contribution < -0.4 is 15.4 Å². The molecule has 0 radical (unpaired) electrons. The van der Waals surface area contributed by atoms with Gasteiger partial charge in [-0.25, -0.2) is 14.8 Å². The Bertz CT molecular complexity index is 1580. The van der Waals surface area contributed by atoms with Crippen LogP contribution in [0.25, 0.3) is 11.0 Å². The second-order valence-corrected chi connectivity index (χ2v) is 10.4. The Morgan fingerprint density at radius 1 is 1.07 bits per heavy atom. The van der Waals surface area contributed by atoms with Gasteiger partial charge in [-0.1, -0.05) is 54.2 Å². The number of hydrogen-bond acceptors (Lipinski definition) is 9. The summed E-state index contributed by atoms with van der Waals surface area (Å²) in [5.41, 5.74) is 4.15. The number of aromatic nitrogens is 3. The highest BCUT2D eigenvalue weighted by atomic mass is 32.2. The van der Waals surface area contributed by atoms with Gasteiger partial charge in [0.2, 0.25) is 0 Å². The number of carbonyl (C=O) groups is 1. The van der Waals surface area contributed by atoms with Crippen LogP contribution in [0.3, 0.4) is 0 Å². The van der Waals surface area contributed by atoms with Crippen molar-refractivity contribution in [3.63, 3.8) is 0 Å². The Labute approximate surface area is 242 Å². The number of carbonyl (C=O) groups excluding carboxylic acids is 1. The molecule has 1 N–H and O–H groups in total. The third-order valence-corrected chi connectivity index (χ3v) is 7.48. The van der Waals surface area contributed by atoms with E-state index in [-0.39, 0.29) is 25.4 Å². The largest absolute Gasteiger partial charge is 0.444 e. The molecule has 0 atom stereocenters. The summed E-state index contributed by atoms with van der Waals surface area (Å²) < 4.78 is 12.8. The van der Waals surface area contributed by atoms with E-state index in [0.29, 0.717) is 54.8 Å². The summed E-state index contributed by atoms with van der Waals surface area (Å²) in [6.45, 7) is 3.88. The maximum absolute atomic E-state index is 14.0. The molecule has 0 bridgehead atoms. The molecular formula is C30H33N5O5S. The van der Waals surface area contributed by atoms with Crippen molar-refractivity contribution >= 4 is 46.0 Å². The van der Waals surface area contributed by atoms with Crippen molar-refractivity contribution in [3.8, 4) is 0 Å². The number of benzene rings is 2. The molecule has 0 spiro atoms. The fourth-order valence-electron chi connectivity index (χ4n) is 4.99. The molecule has 0 saturated carbocycles. The lowest BCUT2D eigenvalue weighted by molar-refractivity contribution is 0.0888. The van der Waals surface area contributed by atoms with Crippen molar-refractivity contribution in [2.75, 3.05) is 49.0 Å². The Morgan fingerprint density at radius 2 is 1.90 bits per heavy atom. The highest BCUT2D eigenvalue weighted by Gasteiger charge is 2.31. The third-order valence-electron chi connectivity index (χ3n) is 6.92. The van der Waals surface area contributed by atoms with E-state index in [1.165, 1.54) is 11.8 Å². The maximum Gasteiger partial charge on any atom is 0.414 e. The number of aryl methyl sites for hydroxylation is 2. The number of rotatable bonds is 10. The van der Waals surface area contributed by atoms with E-state index in [2.05, 4.69) is 9.97 Å². The van der Waals surface area contributed by atoms with Crippen LogP contribution in [0, 0.1) is 6.92 Å². The van der Waals surface area contributed by atoms with Gasteiger partial charge in [0, 0.05) is 37.8 Å². The first kappa shape index (κ1) is 28.6. The SMILES string of the molecule is CSc1ncc2cc(N3CCN(C(=O)OCc4ccccc4)c4c(C)cccc43)c(=O)n(CCCOCCO)c2n1.